The minimum absolute atomic E-state index is 0.0331. The third-order valence-electron chi connectivity index (χ3n) is 2.44. The molecule has 17 heavy (non-hydrogen) atoms. The van der Waals surface area contributed by atoms with Gasteiger partial charge in [-0.05, 0) is 24.6 Å². The Morgan fingerprint density at radius 1 is 1.53 bits per heavy atom. The van der Waals surface area contributed by atoms with Gasteiger partial charge in [-0.2, -0.15) is 0 Å². The maximum Gasteiger partial charge on any atom is 0.226 e. The number of amides is 1. The number of nitrogens with zero attached hydrogens (tertiary/aromatic N) is 1. The van der Waals surface area contributed by atoms with Crippen molar-refractivity contribution in [2.24, 2.45) is 0 Å². The van der Waals surface area contributed by atoms with E-state index in [0.29, 0.717) is 13.0 Å². The van der Waals surface area contributed by atoms with Gasteiger partial charge in [0.15, 0.2) is 0 Å². The molecule has 4 heteroatoms. The topological polar surface area (TPSA) is 29.5 Å². The molecule has 0 N–H and O–H groups in total. The first kappa shape index (κ1) is 13.8. The zero-order valence-corrected chi connectivity index (χ0v) is 11.2. The molecule has 1 atom stereocenters. The molecule has 0 spiro atoms. The van der Waals surface area contributed by atoms with Crippen LogP contribution in [0.25, 0.3) is 0 Å². The van der Waals surface area contributed by atoms with Gasteiger partial charge in [0.05, 0.1) is 13.5 Å². The molecule has 0 radical (unpaired) electrons. The monoisotopic (exact) mass is 255 g/mol. The fourth-order valence-corrected chi connectivity index (χ4v) is 1.78. The Labute approximate surface area is 107 Å². The lowest BCUT2D eigenvalue weighted by Gasteiger charge is -2.18. The zero-order chi connectivity index (χ0) is 12.8. The summed E-state index contributed by atoms with van der Waals surface area (Å²) in [6, 6.07) is 7.53. The molecule has 0 aromatic heterocycles. The normalized spacial score (nSPS) is 12.0. The summed E-state index contributed by atoms with van der Waals surface area (Å²) in [7, 11) is 3.38. The highest BCUT2D eigenvalue weighted by molar-refractivity contribution is 6.20. The predicted octanol–water partition coefficient (Wildman–Crippen LogP) is 2.32. The number of halogens is 1. The number of carbonyl (C=O) groups is 1. The van der Waals surface area contributed by atoms with Crippen LogP contribution in [0.3, 0.4) is 0 Å². The van der Waals surface area contributed by atoms with Gasteiger partial charge in [0, 0.05) is 19.0 Å². The SMILES string of the molecule is COc1cccc(CC(=O)N(C)CC(C)Cl)c1. The summed E-state index contributed by atoms with van der Waals surface area (Å²) in [5, 5.41) is -0.0331. The van der Waals surface area contributed by atoms with Crippen molar-refractivity contribution in [3.63, 3.8) is 0 Å². The van der Waals surface area contributed by atoms with Crippen LogP contribution in [0.5, 0.6) is 5.75 Å². The Hall–Kier alpha value is -1.22. The summed E-state index contributed by atoms with van der Waals surface area (Å²) >= 11 is 5.85. The maximum atomic E-state index is 11.9. The third kappa shape index (κ3) is 4.65. The van der Waals surface area contributed by atoms with Crippen LogP contribution in [0.2, 0.25) is 0 Å². The van der Waals surface area contributed by atoms with Gasteiger partial charge in [0.25, 0.3) is 0 Å². The van der Waals surface area contributed by atoms with Crippen molar-refractivity contribution in [3.8, 4) is 5.75 Å². The molecule has 0 aliphatic carbocycles. The van der Waals surface area contributed by atoms with Crippen LogP contribution in [0.15, 0.2) is 24.3 Å². The molecule has 1 aromatic carbocycles. The van der Waals surface area contributed by atoms with Crippen LogP contribution in [0.4, 0.5) is 0 Å². The first-order valence-electron chi connectivity index (χ1n) is 5.54. The zero-order valence-electron chi connectivity index (χ0n) is 10.4. The van der Waals surface area contributed by atoms with Gasteiger partial charge in [-0.25, -0.2) is 0 Å². The molecule has 0 saturated carbocycles. The quantitative estimate of drug-likeness (QED) is 0.756. The highest BCUT2D eigenvalue weighted by Crippen LogP contribution is 2.13. The van der Waals surface area contributed by atoms with Crippen LogP contribution in [-0.4, -0.2) is 36.9 Å². The lowest BCUT2D eigenvalue weighted by Crippen LogP contribution is -2.32. The van der Waals surface area contributed by atoms with E-state index in [9.17, 15) is 4.79 Å². The van der Waals surface area contributed by atoms with Crippen LogP contribution in [-0.2, 0) is 11.2 Å². The summed E-state index contributed by atoms with van der Waals surface area (Å²) in [6.45, 7) is 2.43. The van der Waals surface area contributed by atoms with Gasteiger partial charge < -0.3 is 9.64 Å². The van der Waals surface area contributed by atoms with Gasteiger partial charge in [-0.3, -0.25) is 4.79 Å². The van der Waals surface area contributed by atoms with E-state index in [0.717, 1.165) is 11.3 Å². The molecule has 1 amide bonds. The first-order valence-corrected chi connectivity index (χ1v) is 5.97. The summed E-state index contributed by atoms with van der Waals surface area (Å²) < 4.78 is 5.12. The number of carbonyl (C=O) groups excluding carboxylic acids is 1. The molecule has 0 aliphatic heterocycles. The third-order valence-corrected chi connectivity index (χ3v) is 2.58. The maximum absolute atomic E-state index is 11.9. The van der Waals surface area contributed by atoms with Crippen LogP contribution >= 0.6 is 11.6 Å². The van der Waals surface area contributed by atoms with Crippen molar-refractivity contribution >= 4 is 17.5 Å². The number of hydrogen-bond donors (Lipinski definition) is 0. The van der Waals surface area contributed by atoms with Gasteiger partial charge in [0.1, 0.15) is 5.75 Å². The average molecular weight is 256 g/mol. The number of benzene rings is 1. The van der Waals surface area contributed by atoms with E-state index >= 15 is 0 Å². The van der Waals surface area contributed by atoms with Gasteiger partial charge in [-0.15, -0.1) is 11.6 Å². The van der Waals surface area contributed by atoms with E-state index in [1.807, 2.05) is 31.2 Å². The lowest BCUT2D eigenvalue weighted by molar-refractivity contribution is -0.129. The van der Waals surface area contributed by atoms with E-state index < -0.39 is 0 Å². The smallest absolute Gasteiger partial charge is 0.226 e. The molecule has 0 heterocycles. The molecule has 0 saturated heterocycles. The van der Waals surface area contributed by atoms with Gasteiger partial charge in [0.2, 0.25) is 5.91 Å². The van der Waals surface area contributed by atoms with Gasteiger partial charge in [-0.1, -0.05) is 12.1 Å². The molecule has 94 valence electrons. The number of hydrogen-bond acceptors (Lipinski definition) is 2. The number of likely N-dealkylation sites (N-methyl/N-ethyl adjacent to an activating group) is 1. The second-order valence-electron chi connectivity index (χ2n) is 4.08. The minimum atomic E-state index is -0.0331. The van der Waals surface area contributed by atoms with Crippen molar-refractivity contribution in [1.82, 2.24) is 4.90 Å². The van der Waals surface area contributed by atoms with Crippen molar-refractivity contribution in [2.45, 2.75) is 18.7 Å². The van der Waals surface area contributed by atoms with E-state index in [4.69, 9.17) is 16.3 Å². The number of rotatable bonds is 5. The minimum Gasteiger partial charge on any atom is -0.497 e. The van der Waals surface area contributed by atoms with Crippen LogP contribution in [0.1, 0.15) is 12.5 Å². The van der Waals surface area contributed by atoms with Crippen molar-refractivity contribution in [1.29, 1.82) is 0 Å². The fourth-order valence-electron chi connectivity index (χ4n) is 1.57. The molecule has 0 bridgehead atoms. The first-order chi connectivity index (χ1) is 8.02. The molecule has 0 aliphatic rings. The summed E-state index contributed by atoms with van der Waals surface area (Å²) in [6.07, 6.45) is 0.372. The van der Waals surface area contributed by atoms with E-state index in [-0.39, 0.29) is 11.3 Å². The fraction of sp³-hybridized carbons (Fsp3) is 0.462. The summed E-state index contributed by atoms with van der Waals surface area (Å²) in [5.74, 6) is 0.828. The highest BCUT2D eigenvalue weighted by Gasteiger charge is 2.11. The molecular formula is C13H18ClNO2. The Bertz CT molecular complexity index is 379. The van der Waals surface area contributed by atoms with Crippen LogP contribution < -0.4 is 4.74 Å². The Morgan fingerprint density at radius 2 is 2.24 bits per heavy atom. The molecule has 0 fully saturated rings. The van der Waals surface area contributed by atoms with E-state index in [1.54, 1.807) is 19.1 Å². The van der Waals surface area contributed by atoms with Crippen molar-refractivity contribution in [2.75, 3.05) is 20.7 Å². The molecule has 1 aromatic rings. The van der Waals surface area contributed by atoms with E-state index in [1.165, 1.54) is 0 Å². The molecule has 1 unspecified atom stereocenters. The highest BCUT2D eigenvalue weighted by atomic mass is 35.5. The second-order valence-corrected chi connectivity index (χ2v) is 4.83. The molecule has 3 nitrogen and oxygen atoms in total. The van der Waals surface area contributed by atoms with E-state index in [2.05, 4.69) is 0 Å². The lowest BCUT2D eigenvalue weighted by atomic mass is 10.1. The number of methoxy groups -OCH3 is 1. The summed E-state index contributed by atoms with van der Waals surface area (Å²) in [5.41, 5.74) is 0.948. The average Bonchev–Trinajstić information content (AvgIpc) is 2.28. The molecule has 1 rings (SSSR count). The number of ether oxygens (including phenoxy) is 1. The summed E-state index contributed by atoms with van der Waals surface area (Å²) in [4.78, 5) is 13.5. The largest absolute Gasteiger partial charge is 0.497 e. The Balaban J connectivity index is 2.61. The van der Waals surface area contributed by atoms with Crippen molar-refractivity contribution < 1.29 is 9.53 Å². The van der Waals surface area contributed by atoms with Crippen LogP contribution in [0, 0.1) is 0 Å². The predicted molar refractivity (Wildman–Crippen MR) is 69.7 cm³/mol. The number of alkyl halides is 1. The Kier molecular flexibility index (Phi) is 5.29. The van der Waals surface area contributed by atoms with Gasteiger partial charge >= 0.3 is 0 Å². The molecular weight excluding hydrogens is 238 g/mol. The van der Waals surface area contributed by atoms with Crippen molar-refractivity contribution in [3.05, 3.63) is 29.8 Å². The Morgan fingerprint density at radius 3 is 2.82 bits per heavy atom. The second kappa shape index (κ2) is 6.50. The standard InChI is InChI=1S/C13H18ClNO2/c1-10(14)9-15(2)13(16)8-11-5-4-6-12(7-11)17-3/h4-7,10H,8-9H2,1-3H3.